The Balaban J connectivity index is 1.87. The van der Waals surface area contributed by atoms with Gasteiger partial charge in [0.2, 0.25) is 0 Å². The minimum absolute atomic E-state index is 0.0347. The van der Waals surface area contributed by atoms with E-state index in [2.05, 4.69) is 5.32 Å². The Morgan fingerprint density at radius 3 is 2.91 bits per heavy atom. The number of thiocarbonyl (C=S) groups is 1. The van der Waals surface area contributed by atoms with Gasteiger partial charge in [0.1, 0.15) is 11.5 Å². The number of rotatable bonds is 4. The van der Waals surface area contributed by atoms with Gasteiger partial charge in [-0.05, 0) is 36.5 Å². The summed E-state index contributed by atoms with van der Waals surface area (Å²) in [7, 11) is 1.46. The van der Waals surface area contributed by atoms with Gasteiger partial charge in [0.15, 0.2) is 16.6 Å². The van der Waals surface area contributed by atoms with E-state index in [0.29, 0.717) is 22.2 Å². The summed E-state index contributed by atoms with van der Waals surface area (Å²) in [4.78, 5) is 13.9. The topological polar surface area (TPSA) is 74.9 Å². The van der Waals surface area contributed by atoms with Crippen LogP contribution >= 0.6 is 12.2 Å². The quantitative estimate of drug-likeness (QED) is 0.661. The van der Waals surface area contributed by atoms with Crippen molar-refractivity contribution in [1.82, 2.24) is 10.2 Å². The Labute approximate surface area is 138 Å². The molecular formula is C16H14N2O4S. The Hall–Kier alpha value is -2.80. The molecule has 2 N–H and O–H groups in total. The first kappa shape index (κ1) is 15.1. The van der Waals surface area contributed by atoms with Gasteiger partial charge in [-0.1, -0.05) is 12.1 Å². The van der Waals surface area contributed by atoms with Gasteiger partial charge in [0.05, 0.1) is 19.9 Å². The van der Waals surface area contributed by atoms with Crippen LogP contribution < -0.4 is 10.1 Å². The van der Waals surface area contributed by atoms with Crippen LogP contribution in [0.1, 0.15) is 11.3 Å². The van der Waals surface area contributed by atoms with E-state index in [9.17, 15) is 9.90 Å². The molecule has 1 aliphatic rings. The number of aromatic hydroxyl groups is 1. The third-order valence-corrected chi connectivity index (χ3v) is 3.73. The van der Waals surface area contributed by atoms with Gasteiger partial charge in [0.25, 0.3) is 5.91 Å². The number of nitrogens with one attached hydrogen (secondary N) is 1. The number of furan rings is 1. The van der Waals surface area contributed by atoms with E-state index in [4.69, 9.17) is 21.4 Å². The predicted octanol–water partition coefficient (Wildman–Crippen LogP) is 2.25. The third-order valence-electron chi connectivity index (χ3n) is 3.41. The van der Waals surface area contributed by atoms with Gasteiger partial charge >= 0.3 is 0 Å². The summed E-state index contributed by atoms with van der Waals surface area (Å²) in [5.74, 6) is 0.647. The molecule has 23 heavy (non-hydrogen) atoms. The monoisotopic (exact) mass is 330 g/mol. The van der Waals surface area contributed by atoms with Gasteiger partial charge in [-0.2, -0.15) is 0 Å². The number of carbonyl (C=O) groups is 1. The van der Waals surface area contributed by atoms with Crippen LogP contribution in [-0.2, 0) is 11.3 Å². The number of phenols is 1. The van der Waals surface area contributed by atoms with Crippen molar-refractivity contribution < 1.29 is 19.1 Å². The number of hydrogen-bond donors (Lipinski definition) is 2. The van der Waals surface area contributed by atoms with Crippen LogP contribution in [-0.4, -0.2) is 28.1 Å². The third kappa shape index (κ3) is 2.91. The first-order valence-corrected chi connectivity index (χ1v) is 7.24. The molecule has 1 fully saturated rings. The number of carbonyl (C=O) groups excluding carboxylic acids is 1. The average Bonchev–Trinajstić information content (AvgIpc) is 3.14. The van der Waals surface area contributed by atoms with Crippen molar-refractivity contribution in [3.63, 3.8) is 0 Å². The molecule has 0 aliphatic carbocycles. The molecule has 1 aromatic heterocycles. The molecule has 1 aliphatic heterocycles. The van der Waals surface area contributed by atoms with Crippen LogP contribution in [0.5, 0.6) is 11.5 Å². The van der Waals surface area contributed by atoms with Gasteiger partial charge in [-0.3, -0.25) is 9.69 Å². The average molecular weight is 330 g/mol. The lowest BCUT2D eigenvalue weighted by molar-refractivity contribution is -0.122. The molecule has 0 bridgehead atoms. The van der Waals surface area contributed by atoms with Crippen LogP contribution in [0.15, 0.2) is 46.7 Å². The normalized spacial score (nSPS) is 16.0. The number of methoxy groups -OCH3 is 1. The molecule has 1 saturated heterocycles. The number of nitrogens with zero attached hydrogens (tertiary/aromatic N) is 1. The molecule has 6 nitrogen and oxygen atoms in total. The number of amides is 1. The van der Waals surface area contributed by atoms with Crippen LogP contribution in [0.3, 0.4) is 0 Å². The molecule has 7 heteroatoms. The molecule has 2 aromatic rings. The second kappa shape index (κ2) is 6.13. The molecule has 118 valence electrons. The summed E-state index contributed by atoms with van der Waals surface area (Å²) >= 11 is 5.19. The minimum Gasteiger partial charge on any atom is -0.504 e. The van der Waals surface area contributed by atoms with Crippen molar-refractivity contribution in [3.05, 3.63) is 53.6 Å². The lowest BCUT2D eigenvalue weighted by Crippen LogP contribution is -2.29. The number of para-hydroxylation sites is 1. The highest BCUT2D eigenvalue weighted by Crippen LogP contribution is 2.31. The number of hydrogen-bond acceptors (Lipinski definition) is 5. The standard InChI is InChI=1S/C16H14N2O4S/c1-21-13-6-2-4-10(14(13)19)8-12-15(20)18(16(23)17-12)9-11-5-3-7-22-11/h2-8,19H,9H2,1H3,(H,17,23). The summed E-state index contributed by atoms with van der Waals surface area (Å²) in [6.45, 7) is 0.249. The SMILES string of the molecule is COc1cccc(C=C2NC(=S)N(Cc3ccco3)C2=O)c1O. The molecule has 0 atom stereocenters. The second-order valence-corrected chi connectivity index (χ2v) is 5.24. The van der Waals surface area contributed by atoms with Gasteiger partial charge in [-0.15, -0.1) is 0 Å². The summed E-state index contributed by atoms with van der Waals surface area (Å²) < 4.78 is 10.3. The van der Waals surface area contributed by atoms with Crippen molar-refractivity contribution >= 4 is 29.3 Å². The number of phenolic OH excluding ortho intramolecular Hbond substituents is 1. The van der Waals surface area contributed by atoms with Crippen LogP contribution in [0, 0.1) is 0 Å². The van der Waals surface area contributed by atoms with E-state index in [0.717, 1.165) is 0 Å². The molecule has 1 aromatic carbocycles. The lowest BCUT2D eigenvalue weighted by atomic mass is 10.1. The minimum atomic E-state index is -0.284. The smallest absolute Gasteiger partial charge is 0.276 e. The second-order valence-electron chi connectivity index (χ2n) is 4.86. The summed E-state index contributed by atoms with van der Waals surface area (Å²) in [5, 5.41) is 13.3. The molecule has 2 heterocycles. The Morgan fingerprint density at radius 1 is 1.39 bits per heavy atom. The van der Waals surface area contributed by atoms with E-state index in [1.54, 1.807) is 30.3 Å². The molecule has 3 rings (SSSR count). The Morgan fingerprint density at radius 2 is 2.22 bits per heavy atom. The highest BCUT2D eigenvalue weighted by atomic mass is 32.1. The first-order chi connectivity index (χ1) is 11.1. The zero-order valence-electron chi connectivity index (χ0n) is 12.3. The molecule has 0 unspecified atom stereocenters. The van der Waals surface area contributed by atoms with Crippen LogP contribution in [0.2, 0.25) is 0 Å². The van der Waals surface area contributed by atoms with Crippen LogP contribution in [0.25, 0.3) is 6.08 Å². The van der Waals surface area contributed by atoms with E-state index in [1.165, 1.54) is 24.3 Å². The van der Waals surface area contributed by atoms with Crippen molar-refractivity contribution in [2.45, 2.75) is 6.54 Å². The highest BCUT2D eigenvalue weighted by Gasteiger charge is 2.31. The van der Waals surface area contributed by atoms with E-state index in [-0.39, 0.29) is 23.9 Å². The summed E-state index contributed by atoms with van der Waals surface area (Å²) in [5.41, 5.74) is 0.743. The largest absolute Gasteiger partial charge is 0.504 e. The fraction of sp³-hybridized carbons (Fsp3) is 0.125. The zero-order valence-corrected chi connectivity index (χ0v) is 13.1. The Kier molecular flexibility index (Phi) is 4.03. The van der Waals surface area contributed by atoms with Gasteiger partial charge in [-0.25, -0.2) is 0 Å². The molecule has 0 spiro atoms. The molecule has 0 radical (unpaired) electrons. The number of benzene rings is 1. The maximum Gasteiger partial charge on any atom is 0.276 e. The number of ether oxygens (including phenoxy) is 1. The van der Waals surface area contributed by atoms with E-state index >= 15 is 0 Å². The maximum atomic E-state index is 12.5. The fourth-order valence-corrected chi connectivity index (χ4v) is 2.51. The van der Waals surface area contributed by atoms with Crippen molar-refractivity contribution in [1.29, 1.82) is 0 Å². The van der Waals surface area contributed by atoms with E-state index < -0.39 is 0 Å². The van der Waals surface area contributed by atoms with Crippen LogP contribution in [0.4, 0.5) is 0 Å². The van der Waals surface area contributed by atoms with Crippen molar-refractivity contribution in [3.8, 4) is 11.5 Å². The highest BCUT2D eigenvalue weighted by molar-refractivity contribution is 7.80. The molecule has 1 amide bonds. The summed E-state index contributed by atoms with van der Waals surface area (Å²) in [6.07, 6.45) is 3.08. The molecule has 0 saturated carbocycles. The Bertz CT molecular complexity index is 783. The zero-order chi connectivity index (χ0) is 16.4. The van der Waals surface area contributed by atoms with Crippen molar-refractivity contribution in [2.24, 2.45) is 0 Å². The fourth-order valence-electron chi connectivity index (χ4n) is 2.25. The van der Waals surface area contributed by atoms with E-state index in [1.807, 2.05) is 0 Å². The summed E-state index contributed by atoms with van der Waals surface area (Å²) in [6, 6.07) is 8.55. The maximum absolute atomic E-state index is 12.5. The first-order valence-electron chi connectivity index (χ1n) is 6.83. The predicted molar refractivity (Wildman–Crippen MR) is 87.6 cm³/mol. The molecular weight excluding hydrogens is 316 g/mol. The lowest BCUT2D eigenvalue weighted by Gasteiger charge is -2.11. The van der Waals surface area contributed by atoms with Gasteiger partial charge < -0.3 is 19.6 Å². The van der Waals surface area contributed by atoms with Crippen molar-refractivity contribution in [2.75, 3.05) is 7.11 Å². The van der Waals surface area contributed by atoms with Gasteiger partial charge in [0, 0.05) is 5.56 Å².